The quantitative estimate of drug-likeness (QED) is 0.862. The average Bonchev–Trinajstić information content (AvgIpc) is 2.87. The van der Waals surface area contributed by atoms with E-state index in [9.17, 15) is 0 Å². The molecule has 1 heterocycles. The van der Waals surface area contributed by atoms with E-state index in [1.54, 1.807) is 11.3 Å². The Balaban J connectivity index is 2.13. The molecule has 0 aliphatic rings. The topological polar surface area (TPSA) is 24.9 Å². The van der Waals surface area contributed by atoms with Gasteiger partial charge in [0.2, 0.25) is 0 Å². The number of nitrogens with one attached hydrogen (secondary N) is 1. The molecule has 0 fully saturated rings. The summed E-state index contributed by atoms with van der Waals surface area (Å²) < 4.78 is 0. The molecule has 1 aromatic heterocycles. The molecule has 0 aliphatic heterocycles. The number of halogens is 1. The van der Waals surface area contributed by atoms with Crippen LogP contribution in [-0.2, 0) is 6.42 Å². The van der Waals surface area contributed by atoms with Gasteiger partial charge in [-0.25, -0.2) is 0 Å². The maximum atomic E-state index is 6.07. The molecular formula is C14H17ClN2S. The van der Waals surface area contributed by atoms with E-state index in [1.807, 2.05) is 29.9 Å². The second-order valence-corrected chi connectivity index (χ2v) is 5.64. The van der Waals surface area contributed by atoms with Gasteiger partial charge in [-0.05, 0) is 30.7 Å². The van der Waals surface area contributed by atoms with Crippen LogP contribution in [0.4, 0.5) is 0 Å². The number of rotatable bonds is 6. The van der Waals surface area contributed by atoms with Crippen LogP contribution in [0.1, 0.15) is 29.8 Å². The van der Waals surface area contributed by atoms with Gasteiger partial charge >= 0.3 is 0 Å². The van der Waals surface area contributed by atoms with Crippen molar-refractivity contribution >= 4 is 22.9 Å². The van der Waals surface area contributed by atoms with Gasteiger partial charge in [-0.1, -0.05) is 30.7 Å². The monoisotopic (exact) mass is 280 g/mol. The number of benzene rings is 1. The molecule has 1 aromatic carbocycles. The average molecular weight is 281 g/mol. The van der Waals surface area contributed by atoms with Crippen LogP contribution >= 0.6 is 22.9 Å². The minimum Gasteiger partial charge on any atom is -0.310 e. The highest BCUT2D eigenvalue weighted by Crippen LogP contribution is 2.23. The van der Waals surface area contributed by atoms with E-state index >= 15 is 0 Å². The van der Waals surface area contributed by atoms with Crippen molar-refractivity contribution in [3.8, 4) is 0 Å². The molecule has 96 valence electrons. The molecule has 2 aromatic rings. The molecule has 0 saturated heterocycles. The van der Waals surface area contributed by atoms with Crippen LogP contribution < -0.4 is 5.32 Å². The fourth-order valence-electron chi connectivity index (χ4n) is 1.89. The van der Waals surface area contributed by atoms with Crippen molar-refractivity contribution in [3.63, 3.8) is 0 Å². The van der Waals surface area contributed by atoms with Crippen LogP contribution in [0.15, 0.2) is 36.0 Å². The molecule has 1 atom stereocenters. The summed E-state index contributed by atoms with van der Waals surface area (Å²) in [4.78, 5) is 5.43. The van der Waals surface area contributed by atoms with Crippen LogP contribution in [0.25, 0.3) is 0 Å². The maximum absolute atomic E-state index is 6.07. The third-order valence-corrected chi connectivity index (χ3v) is 3.82. The Morgan fingerprint density at radius 2 is 2.33 bits per heavy atom. The Morgan fingerprint density at radius 1 is 1.44 bits per heavy atom. The molecule has 18 heavy (non-hydrogen) atoms. The van der Waals surface area contributed by atoms with E-state index in [-0.39, 0.29) is 0 Å². The molecule has 0 radical (unpaired) electrons. The molecule has 1 unspecified atom stereocenters. The summed E-state index contributed by atoms with van der Waals surface area (Å²) in [6, 6.07) is 8.39. The first-order chi connectivity index (χ1) is 8.79. The lowest BCUT2D eigenvalue weighted by molar-refractivity contribution is 0.532. The molecule has 0 bridgehead atoms. The van der Waals surface area contributed by atoms with Gasteiger partial charge in [0.25, 0.3) is 0 Å². The van der Waals surface area contributed by atoms with Crippen LogP contribution in [0.3, 0.4) is 0 Å². The van der Waals surface area contributed by atoms with Crippen LogP contribution in [0.5, 0.6) is 0 Å². The fraction of sp³-hybridized carbons (Fsp3) is 0.357. The van der Waals surface area contributed by atoms with Crippen molar-refractivity contribution in [1.29, 1.82) is 0 Å². The minimum absolute atomic E-state index is 0.309. The Morgan fingerprint density at radius 3 is 3.00 bits per heavy atom. The Bertz CT molecular complexity index is 470. The summed E-state index contributed by atoms with van der Waals surface area (Å²) in [6.07, 6.45) is 4.03. The summed E-state index contributed by atoms with van der Waals surface area (Å²) in [5, 5.41) is 4.36. The zero-order valence-corrected chi connectivity index (χ0v) is 12.0. The van der Waals surface area contributed by atoms with Gasteiger partial charge < -0.3 is 5.32 Å². The third-order valence-electron chi connectivity index (χ3n) is 2.78. The molecule has 4 heteroatoms. The van der Waals surface area contributed by atoms with Gasteiger partial charge in [-0.2, -0.15) is 0 Å². The van der Waals surface area contributed by atoms with E-state index in [2.05, 4.69) is 23.3 Å². The third kappa shape index (κ3) is 3.80. The lowest BCUT2D eigenvalue weighted by Crippen LogP contribution is -2.23. The zero-order valence-electron chi connectivity index (χ0n) is 10.4. The molecule has 0 aliphatic carbocycles. The zero-order chi connectivity index (χ0) is 12.8. The second-order valence-electron chi connectivity index (χ2n) is 4.23. The SMILES string of the molecule is CCCNC(Cc1cncs1)c1cccc(Cl)c1. The van der Waals surface area contributed by atoms with Crippen molar-refractivity contribution in [1.82, 2.24) is 10.3 Å². The van der Waals surface area contributed by atoms with Crippen molar-refractivity contribution in [2.75, 3.05) is 6.54 Å². The number of hydrogen-bond donors (Lipinski definition) is 1. The molecule has 2 nitrogen and oxygen atoms in total. The van der Waals surface area contributed by atoms with E-state index < -0.39 is 0 Å². The summed E-state index contributed by atoms with van der Waals surface area (Å²) in [7, 11) is 0. The second kappa shape index (κ2) is 6.88. The molecule has 0 amide bonds. The Labute approximate surface area is 117 Å². The van der Waals surface area contributed by atoms with Gasteiger partial charge in [0.15, 0.2) is 0 Å². The summed E-state index contributed by atoms with van der Waals surface area (Å²) in [6.45, 7) is 3.19. The molecular weight excluding hydrogens is 264 g/mol. The number of hydrogen-bond acceptors (Lipinski definition) is 3. The minimum atomic E-state index is 0.309. The molecule has 0 spiro atoms. The molecule has 2 rings (SSSR count). The summed E-state index contributed by atoms with van der Waals surface area (Å²) in [5.41, 5.74) is 3.12. The maximum Gasteiger partial charge on any atom is 0.0794 e. The first-order valence-electron chi connectivity index (χ1n) is 6.16. The van der Waals surface area contributed by atoms with E-state index in [1.165, 1.54) is 10.4 Å². The van der Waals surface area contributed by atoms with Crippen molar-refractivity contribution < 1.29 is 0 Å². The fourth-order valence-corrected chi connectivity index (χ4v) is 2.73. The number of nitrogens with zero attached hydrogens (tertiary/aromatic N) is 1. The highest BCUT2D eigenvalue weighted by atomic mass is 35.5. The van der Waals surface area contributed by atoms with Crippen LogP contribution in [-0.4, -0.2) is 11.5 Å². The van der Waals surface area contributed by atoms with Crippen LogP contribution in [0.2, 0.25) is 5.02 Å². The summed E-state index contributed by atoms with van der Waals surface area (Å²) in [5.74, 6) is 0. The predicted molar refractivity (Wildman–Crippen MR) is 78.3 cm³/mol. The highest BCUT2D eigenvalue weighted by Gasteiger charge is 2.12. The van der Waals surface area contributed by atoms with Crippen molar-refractivity contribution in [2.45, 2.75) is 25.8 Å². The van der Waals surface area contributed by atoms with Crippen molar-refractivity contribution in [2.24, 2.45) is 0 Å². The highest BCUT2D eigenvalue weighted by molar-refractivity contribution is 7.09. The molecule has 0 saturated carbocycles. The number of thiazole rings is 1. The van der Waals surface area contributed by atoms with Crippen LogP contribution in [0, 0.1) is 0 Å². The first-order valence-corrected chi connectivity index (χ1v) is 7.41. The standard InChI is InChI=1S/C14H17ClN2S/c1-2-6-17-14(8-13-9-16-10-18-13)11-4-3-5-12(15)7-11/h3-5,7,9-10,14,17H,2,6,8H2,1H3. The van der Waals surface area contributed by atoms with Gasteiger partial charge in [0.1, 0.15) is 0 Å². The largest absolute Gasteiger partial charge is 0.310 e. The van der Waals surface area contributed by atoms with E-state index in [4.69, 9.17) is 11.6 Å². The van der Waals surface area contributed by atoms with Crippen molar-refractivity contribution in [3.05, 3.63) is 51.4 Å². The lowest BCUT2D eigenvalue weighted by Gasteiger charge is -2.18. The smallest absolute Gasteiger partial charge is 0.0794 e. The van der Waals surface area contributed by atoms with Gasteiger partial charge in [-0.3, -0.25) is 4.98 Å². The Hall–Kier alpha value is -0.900. The first kappa shape index (κ1) is 13.5. The summed E-state index contributed by atoms with van der Waals surface area (Å²) >= 11 is 7.77. The predicted octanol–water partition coefficient (Wildman–Crippen LogP) is 4.08. The van der Waals surface area contributed by atoms with E-state index in [0.717, 1.165) is 24.4 Å². The lowest BCUT2D eigenvalue weighted by atomic mass is 10.0. The number of aromatic nitrogens is 1. The van der Waals surface area contributed by atoms with Gasteiger partial charge in [0, 0.05) is 28.6 Å². The van der Waals surface area contributed by atoms with E-state index in [0.29, 0.717) is 6.04 Å². The molecule has 1 N–H and O–H groups in total. The Kier molecular flexibility index (Phi) is 5.17. The van der Waals surface area contributed by atoms with Gasteiger partial charge in [0.05, 0.1) is 5.51 Å². The van der Waals surface area contributed by atoms with Gasteiger partial charge in [-0.15, -0.1) is 11.3 Å². The normalized spacial score (nSPS) is 12.6.